The lowest BCUT2D eigenvalue weighted by atomic mass is 10.1. The second-order valence-corrected chi connectivity index (χ2v) is 11.1. The number of thiophene rings is 1. The number of benzene rings is 3. The Morgan fingerprint density at radius 1 is 1.06 bits per heavy atom. The highest BCUT2D eigenvalue weighted by Gasteiger charge is 2.27. The third kappa shape index (κ3) is 4.05. The molecule has 1 aliphatic heterocycles. The predicted molar refractivity (Wildman–Crippen MR) is 133 cm³/mol. The Labute approximate surface area is 196 Å². The minimum absolute atomic E-state index is 0.0942. The molecular weight excluding hydrogens is 456 g/mol. The summed E-state index contributed by atoms with van der Waals surface area (Å²) in [4.78, 5) is 15.7. The van der Waals surface area contributed by atoms with E-state index in [0.29, 0.717) is 29.3 Å². The summed E-state index contributed by atoms with van der Waals surface area (Å²) in [6, 6.07) is 17.7. The molecule has 170 valence electrons. The van der Waals surface area contributed by atoms with Crippen LogP contribution in [0, 0.1) is 5.92 Å². The smallest absolute Gasteiger partial charge is 0.339 e. The van der Waals surface area contributed by atoms with E-state index in [1.807, 2.05) is 30.3 Å². The van der Waals surface area contributed by atoms with E-state index in [2.05, 4.69) is 24.1 Å². The van der Waals surface area contributed by atoms with Crippen molar-refractivity contribution in [3.05, 3.63) is 65.5 Å². The van der Waals surface area contributed by atoms with Crippen molar-refractivity contribution in [1.82, 2.24) is 5.32 Å². The first-order chi connectivity index (χ1) is 15.8. The first kappa shape index (κ1) is 21.7. The van der Waals surface area contributed by atoms with Gasteiger partial charge in [0.1, 0.15) is 15.5 Å². The molecule has 0 aliphatic carbocycles. The molecule has 4 aromatic rings. The number of fused-ring (bicyclic) bond motifs is 4. The van der Waals surface area contributed by atoms with E-state index in [1.165, 1.54) is 11.3 Å². The van der Waals surface area contributed by atoms with Gasteiger partial charge in [-0.15, -0.1) is 11.3 Å². The Kier molecular flexibility index (Phi) is 5.50. The zero-order valence-electron chi connectivity index (χ0n) is 18.4. The zero-order chi connectivity index (χ0) is 23.2. The van der Waals surface area contributed by atoms with Crippen LogP contribution < -0.4 is 14.4 Å². The third-order valence-electron chi connectivity index (χ3n) is 5.63. The summed E-state index contributed by atoms with van der Waals surface area (Å²) in [5, 5.41) is 5.24. The quantitative estimate of drug-likeness (QED) is 0.406. The molecule has 0 radical (unpaired) electrons. The van der Waals surface area contributed by atoms with Crippen LogP contribution in [0.25, 0.3) is 20.9 Å². The van der Waals surface area contributed by atoms with Crippen LogP contribution in [0.3, 0.4) is 0 Å². The summed E-state index contributed by atoms with van der Waals surface area (Å²) >= 11 is 1.42. The van der Waals surface area contributed by atoms with Gasteiger partial charge < -0.3 is 14.4 Å². The molecule has 3 aromatic carbocycles. The molecule has 1 amide bonds. The summed E-state index contributed by atoms with van der Waals surface area (Å²) in [5.74, 6) is 0.542. The Morgan fingerprint density at radius 2 is 1.85 bits per heavy atom. The van der Waals surface area contributed by atoms with Gasteiger partial charge in [-0.1, -0.05) is 50.2 Å². The molecular formula is C25H24N2O4S2. The molecule has 2 heterocycles. The molecule has 0 saturated heterocycles. The highest BCUT2D eigenvalue weighted by molar-refractivity contribution is 7.87. The molecule has 0 spiro atoms. The Hall–Kier alpha value is -3.10. The van der Waals surface area contributed by atoms with Gasteiger partial charge in [0.15, 0.2) is 0 Å². The number of rotatable bonds is 5. The van der Waals surface area contributed by atoms with Crippen LogP contribution in [0.15, 0.2) is 65.6 Å². The van der Waals surface area contributed by atoms with Crippen molar-refractivity contribution in [2.24, 2.45) is 5.92 Å². The van der Waals surface area contributed by atoms with Crippen LogP contribution in [0.1, 0.15) is 23.5 Å². The van der Waals surface area contributed by atoms with Crippen LogP contribution in [0.5, 0.6) is 5.75 Å². The molecule has 0 saturated carbocycles. The van der Waals surface area contributed by atoms with Gasteiger partial charge in [0, 0.05) is 35.1 Å². The second-order valence-electron chi connectivity index (χ2n) is 8.55. The van der Waals surface area contributed by atoms with Crippen LogP contribution in [0.4, 0.5) is 5.69 Å². The molecule has 1 N–H and O–H groups in total. The van der Waals surface area contributed by atoms with Crippen molar-refractivity contribution < 1.29 is 17.4 Å². The Balaban J connectivity index is 1.58. The maximum atomic E-state index is 13.2. The number of hydrogen-bond donors (Lipinski definition) is 1. The number of amides is 1. The van der Waals surface area contributed by atoms with Crippen LogP contribution in [-0.4, -0.2) is 34.0 Å². The van der Waals surface area contributed by atoms with Gasteiger partial charge in [0.2, 0.25) is 0 Å². The fourth-order valence-electron chi connectivity index (χ4n) is 4.29. The van der Waals surface area contributed by atoms with Crippen molar-refractivity contribution in [3.8, 4) is 5.75 Å². The van der Waals surface area contributed by atoms with Crippen LogP contribution in [0.2, 0.25) is 0 Å². The summed E-state index contributed by atoms with van der Waals surface area (Å²) in [7, 11) is -4.05. The van der Waals surface area contributed by atoms with E-state index in [1.54, 1.807) is 30.3 Å². The van der Waals surface area contributed by atoms with Gasteiger partial charge in [0.05, 0.1) is 5.69 Å². The maximum absolute atomic E-state index is 13.2. The first-order valence-corrected chi connectivity index (χ1v) is 13.1. The summed E-state index contributed by atoms with van der Waals surface area (Å²) in [6.07, 6.45) is 0. The number of nitrogens with one attached hydrogen (secondary N) is 1. The number of anilines is 1. The predicted octanol–water partition coefficient (Wildman–Crippen LogP) is 5.03. The number of hydrogen-bond acceptors (Lipinski definition) is 6. The third-order valence-corrected chi connectivity index (χ3v) is 8.10. The van der Waals surface area contributed by atoms with Gasteiger partial charge >= 0.3 is 10.1 Å². The van der Waals surface area contributed by atoms with Gasteiger partial charge in [-0.05, 0) is 35.6 Å². The molecule has 8 heteroatoms. The second kappa shape index (κ2) is 8.35. The molecule has 0 unspecified atom stereocenters. The van der Waals surface area contributed by atoms with Crippen molar-refractivity contribution in [2.45, 2.75) is 18.7 Å². The van der Waals surface area contributed by atoms with Crippen LogP contribution >= 0.6 is 11.3 Å². The van der Waals surface area contributed by atoms with E-state index >= 15 is 0 Å². The monoisotopic (exact) mass is 480 g/mol. The van der Waals surface area contributed by atoms with Crippen molar-refractivity contribution in [1.29, 1.82) is 0 Å². The minimum atomic E-state index is -4.05. The van der Waals surface area contributed by atoms with Crippen LogP contribution in [-0.2, 0) is 10.1 Å². The standard InChI is InChI=1S/C25H24N2O4S2/c1-16(2)15-27-13-12-26-25(28)24-23(27)20-14-18(10-11-21(20)32-24)31-33(29,30)22-9-5-7-17-6-3-4-8-19(17)22/h3-11,14,16H,12-13,15H2,1-2H3,(H,26,28). The van der Waals surface area contributed by atoms with Crippen molar-refractivity contribution in [2.75, 3.05) is 24.5 Å². The normalized spacial score (nSPS) is 14.4. The molecule has 0 fully saturated rings. The van der Waals surface area contributed by atoms with Gasteiger partial charge in [-0.3, -0.25) is 4.79 Å². The SMILES string of the molecule is CC(C)CN1CCNC(=O)c2sc3ccc(OS(=O)(=O)c4cccc5ccccc45)cc3c21. The van der Waals surface area contributed by atoms with Gasteiger partial charge in [-0.2, -0.15) is 8.42 Å². The molecule has 1 aliphatic rings. The minimum Gasteiger partial charge on any atom is -0.379 e. The lowest BCUT2D eigenvalue weighted by Gasteiger charge is -2.25. The molecule has 33 heavy (non-hydrogen) atoms. The average molecular weight is 481 g/mol. The van der Waals surface area contributed by atoms with E-state index in [4.69, 9.17) is 4.18 Å². The highest BCUT2D eigenvalue weighted by atomic mass is 32.2. The number of carbonyl (C=O) groups is 1. The maximum Gasteiger partial charge on any atom is 0.339 e. The van der Waals surface area contributed by atoms with E-state index in [9.17, 15) is 13.2 Å². The molecule has 5 rings (SSSR count). The van der Waals surface area contributed by atoms with E-state index in [-0.39, 0.29) is 16.6 Å². The molecule has 0 atom stereocenters. The Bertz CT molecular complexity index is 1470. The van der Waals surface area contributed by atoms with E-state index < -0.39 is 10.1 Å². The summed E-state index contributed by atoms with van der Waals surface area (Å²) < 4.78 is 32.9. The largest absolute Gasteiger partial charge is 0.379 e. The number of carbonyl (C=O) groups excluding carboxylic acids is 1. The fourth-order valence-corrected chi connectivity index (χ4v) is 6.56. The van der Waals surface area contributed by atoms with Crippen molar-refractivity contribution in [3.63, 3.8) is 0 Å². The zero-order valence-corrected chi connectivity index (χ0v) is 20.0. The topological polar surface area (TPSA) is 75.7 Å². The first-order valence-electron chi connectivity index (χ1n) is 10.9. The molecule has 6 nitrogen and oxygen atoms in total. The fraction of sp³-hybridized carbons (Fsp3) is 0.240. The summed E-state index contributed by atoms with van der Waals surface area (Å²) in [5.41, 5.74) is 0.853. The van der Waals surface area contributed by atoms with Gasteiger partial charge in [0.25, 0.3) is 5.91 Å². The lowest BCUT2D eigenvalue weighted by molar-refractivity contribution is 0.0962. The van der Waals surface area contributed by atoms with Gasteiger partial charge in [-0.25, -0.2) is 0 Å². The molecule has 1 aromatic heterocycles. The van der Waals surface area contributed by atoms with Crippen molar-refractivity contribution >= 4 is 53.9 Å². The summed E-state index contributed by atoms with van der Waals surface area (Å²) in [6.45, 7) is 6.34. The lowest BCUT2D eigenvalue weighted by Crippen LogP contribution is -2.32. The highest BCUT2D eigenvalue weighted by Crippen LogP contribution is 2.41. The molecule has 0 bridgehead atoms. The number of nitrogens with zero attached hydrogens (tertiary/aromatic N) is 1. The Morgan fingerprint density at radius 3 is 2.67 bits per heavy atom. The average Bonchev–Trinajstić information content (AvgIpc) is 3.09. The van der Waals surface area contributed by atoms with E-state index in [0.717, 1.165) is 27.7 Å².